The van der Waals surface area contributed by atoms with Crippen LogP contribution in [0.25, 0.3) is 10.9 Å². The van der Waals surface area contributed by atoms with Crippen LogP contribution < -0.4 is 14.2 Å². The Labute approximate surface area is 168 Å². The van der Waals surface area contributed by atoms with Crippen LogP contribution in [0.1, 0.15) is 37.0 Å². The van der Waals surface area contributed by atoms with Crippen LogP contribution in [0.4, 0.5) is 0 Å². The summed E-state index contributed by atoms with van der Waals surface area (Å²) < 4.78 is 16.8. The van der Waals surface area contributed by atoms with Gasteiger partial charge in [0.25, 0.3) is 0 Å². The highest BCUT2D eigenvalue weighted by molar-refractivity contribution is 6.35. The third-order valence-electron chi connectivity index (χ3n) is 4.81. The molecule has 0 saturated heterocycles. The lowest BCUT2D eigenvalue weighted by molar-refractivity contribution is 0.171. The van der Waals surface area contributed by atoms with Crippen molar-refractivity contribution in [3.63, 3.8) is 0 Å². The van der Waals surface area contributed by atoms with E-state index < -0.39 is 6.10 Å². The van der Waals surface area contributed by atoms with E-state index in [0.717, 1.165) is 34.9 Å². The molecular formula is C22H22ClNO4. The van der Waals surface area contributed by atoms with Crippen molar-refractivity contribution in [1.82, 2.24) is 4.98 Å². The molecule has 0 amide bonds. The highest BCUT2D eigenvalue weighted by Crippen LogP contribution is 2.38. The number of hydrogen-bond acceptors (Lipinski definition) is 5. The summed E-state index contributed by atoms with van der Waals surface area (Å²) in [6.45, 7) is 2.92. The van der Waals surface area contributed by atoms with Gasteiger partial charge in [-0.3, -0.25) is 4.98 Å². The molecule has 4 rings (SSSR count). The first-order valence-corrected chi connectivity index (χ1v) is 9.81. The van der Waals surface area contributed by atoms with E-state index in [1.165, 1.54) is 0 Å². The Morgan fingerprint density at radius 2 is 2.07 bits per heavy atom. The van der Waals surface area contributed by atoms with E-state index in [4.69, 9.17) is 25.8 Å². The fourth-order valence-electron chi connectivity index (χ4n) is 3.31. The van der Waals surface area contributed by atoms with E-state index in [-0.39, 0.29) is 6.79 Å². The van der Waals surface area contributed by atoms with Gasteiger partial charge in [-0.25, -0.2) is 0 Å². The van der Waals surface area contributed by atoms with Gasteiger partial charge in [-0.1, -0.05) is 31.0 Å². The van der Waals surface area contributed by atoms with Crippen LogP contribution >= 0.6 is 11.6 Å². The van der Waals surface area contributed by atoms with Gasteiger partial charge in [0.2, 0.25) is 6.79 Å². The van der Waals surface area contributed by atoms with Crippen molar-refractivity contribution in [3.05, 3.63) is 58.7 Å². The van der Waals surface area contributed by atoms with Gasteiger partial charge in [-0.2, -0.15) is 0 Å². The summed E-state index contributed by atoms with van der Waals surface area (Å²) in [6.07, 6.45) is 3.33. The monoisotopic (exact) mass is 399 g/mol. The fourth-order valence-corrected chi connectivity index (χ4v) is 3.59. The number of ether oxygens (including phenoxy) is 3. The van der Waals surface area contributed by atoms with Crippen molar-refractivity contribution in [2.75, 3.05) is 13.4 Å². The molecule has 1 aliphatic rings. The molecule has 0 bridgehead atoms. The summed E-state index contributed by atoms with van der Waals surface area (Å²) in [5.74, 6) is 2.03. The smallest absolute Gasteiger partial charge is 0.231 e. The van der Waals surface area contributed by atoms with E-state index in [0.29, 0.717) is 35.3 Å². The topological polar surface area (TPSA) is 60.8 Å². The zero-order chi connectivity index (χ0) is 19.5. The quantitative estimate of drug-likeness (QED) is 0.562. The van der Waals surface area contributed by atoms with Crippen LogP contribution in [-0.2, 0) is 6.42 Å². The highest BCUT2D eigenvalue weighted by Gasteiger charge is 2.20. The van der Waals surface area contributed by atoms with Crippen molar-refractivity contribution < 1.29 is 19.3 Å². The molecule has 5 nitrogen and oxygen atoms in total. The lowest BCUT2D eigenvalue weighted by atomic mass is 9.99. The molecule has 2 heterocycles. The molecule has 146 valence electrons. The van der Waals surface area contributed by atoms with Gasteiger partial charge < -0.3 is 19.3 Å². The number of halogens is 1. The molecule has 28 heavy (non-hydrogen) atoms. The Kier molecular flexibility index (Phi) is 5.55. The number of fused-ring (bicyclic) bond motifs is 2. The normalized spacial score (nSPS) is 13.7. The molecule has 1 atom stereocenters. The van der Waals surface area contributed by atoms with Crippen molar-refractivity contribution in [3.8, 4) is 17.2 Å². The number of aromatic nitrogens is 1. The van der Waals surface area contributed by atoms with Crippen LogP contribution in [-0.4, -0.2) is 23.5 Å². The largest absolute Gasteiger partial charge is 0.491 e. The predicted molar refractivity (Wildman–Crippen MR) is 108 cm³/mol. The van der Waals surface area contributed by atoms with Gasteiger partial charge in [-0.15, -0.1) is 0 Å². The second-order valence-electron chi connectivity index (χ2n) is 6.78. The minimum absolute atomic E-state index is 0.205. The summed E-state index contributed by atoms with van der Waals surface area (Å²) in [5.41, 5.74) is 2.30. The Balaban J connectivity index is 1.67. The van der Waals surface area contributed by atoms with Crippen LogP contribution in [0.5, 0.6) is 17.2 Å². The summed E-state index contributed by atoms with van der Waals surface area (Å²) in [4.78, 5) is 4.48. The van der Waals surface area contributed by atoms with Crippen molar-refractivity contribution >= 4 is 22.5 Å². The zero-order valence-electron chi connectivity index (χ0n) is 15.7. The molecule has 2 aromatic carbocycles. The molecule has 1 aliphatic heterocycles. The highest BCUT2D eigenvalue weighted by atomic mass is 35.5. The van der Waals surface area contributed by atoms with E-state index in [1.54, 1.807) is 6.20 Å². The van der Waals surface area contributed by atoms with Gasteiger partial charge in [0.05, 0.1) is 17.7 Å². The minimum Gasteiger partial charge on any atom is -0.491 e. The average Bonchev–Trinajstić information content (AvgIpc) is 3.18. The van der Waals surface area contributed by atoms with Crippen LogP contribution in [0, 0.1) is 0 Å². The Morgan fingerprint density at radius 3 is 2.93 bits per heavy atom. The van der Waals surface area contributed by atoms with Crippen LogP contribution in [0.3, 0.4) is 0 Å². The number of aliphatic hydroxyl groups excluding tert-OH is 1. The number of hydrogen-bond donors (Lipinski definition) is 1. The lowest BCUT2D eigenvalue weighted by Crippen LogP contribution is -2.07. The summed E-state index contributed by atoms with van der Waals surface area (Å²) in [7, 11) is 0. The number of rotatable bonds is 7. The first kappa shape index (κ1) is 18.8. The summed E-state index contributed by atoms with van der Waals surface area (Å²) >= 11 is 6.49. The number of benzene rings is 2. The molecule has 1 unspecified atom stereocenters. The second kappa shape index (κ2) is 8.25. The molecule has 0 fully saturated rings. The third kappa shape index (κ3) is 3.73. The molecular weight excluding hydrogens is 378 g/mol. The molecule has 6 heteroatoms. The second-order valence-corrected chi connectivity index (χ2v) is 7.19. The molecule has 1 N–H and O–H groups in total. The predicted octanol–water partition coefficient (Wildman–Crippen LogP) is 5.07. The molecule has 0 aliphatic carbocycles. The first-order chi connectivity index (χ1) is 13.7. The number of aliphatic hydroxyl groups is 1. The number of nitrogens with zero attached hydrogens (tertiary/aromatic N) is 1. The number of unbranched alkanes of at least 4 members (excludes halogenated alkanes) is 1. The Morgan fingerprint density at radius 1 is 1.21 bits per heavy atom. The fraction of sp³-hybridized carbons (Fsp3) is 0.318. The molecule has 0 radical (unpaired) electrons. The van der Waals surface area contributed by atoms with E-state index in [2.05, 4.69) is 11.9 Å². The zero-order valence-corrected chi connectivity index (χ0v) is 16.4. The van der Waals surface area contributed by atoms with Gasteiger partial charge in [0.15, 0.2) is 11.5 Å². The molecule has 0 spiro atoms. The average molecular weight is 400 g/mol. The van der Waals surface area contributed by atoms with Crippen molar-refractivity contribution in [2.45, 2.75) is 32.3 Å². The Hall–Kier alpha value is -2.50. The van der Waals surface area contributed by atoms with Gasteiger partial charge in [0, 0.05) is 23.6 Å². The maximum absolute atomic E-state index is 10.8. The molecule has 0 saturated carbocycles. The van der Waals surface area contributed by atoms with Crippen molar-refractivity contribution in [2.24, 2.45) is 0 Å². The van der Waals surface area contributed by atoms with Gasteiger partial charge in [-0.05, 0) is 42.3 Å². The maximum Gasteiger partial charge on any atom is 0.231 e. The summed E-state index contributed by atoms with van der Waals surface area (Å²) in [5, 5.41) is 12.3. The van der Waals surface area contributed by atoms with E-state index in [9.17, 15) is 5.11 Å². The molecule has 1 aromatic heterocycles. The minimum atomic E-state index is -0.736. The van der Waals surface area contributed by atoms with Gasteiger partial charge >= 0.3 is 0 Å². The van der Waals surface area contributed by atoms with Crippen LogP contribution in [0.15, 0.2) is 42.6 Å². The van der Waals surface area contributed by atoms with Crippen LogP contribution in [0.2, 0.25) is 5.02 Å². The Bertz CT molecular complexity index is 992. The summed E-state index contributed by atoms with van der Waals surface area (Å²) in [6, 6.07) is 11.1. The molecule has 3 aromatic rings. The first-order valence-electron chi connectivity index (χ1n) is 9.44. The van der Waals surface area contributed by atoms with E-state index >= 15 is 0 Å². The SMILES string of the molecule is CCCCOc1c(CC(O)c2ccc3c(c2)OCO3)cc(Cl)c2cccnc12. The maximum atomic E-state index is 10.8. The van der Waals surface area contributed by atoms with Crippen molar-refractivity contribution in [1.29, 1.82) is 0 Å². The van der Waals surface area contributed by atoms with E-state index in [1.807, 2.05) is 36.4 Å². The van der Waals surface area contributed by atoms with Gasteiger partial charge in [0.1, 0.15) is 11.3 Å². The number of pyridine rings is 1. The standard InChI is InChI=1S/C22H22ClNO4/c1-2-3-9-26-22-15(10-17(23)16-5-4-8-24-21(16)22)11-18(25)14-6-7-19-20(12-14)28-13-27-19/h4-8,10,12,18,25H,2-3,9,11,13H2,1H3. The lowest BCUT2D eigenvalue weighted by Gasteiger charge is -2.18. The third-order valence-corrected chi connectivity index (χ3v) is 5.12.